The molecule has 11 heteroatoms. The Morgan fingerprint density at radius 2 is 1.37 bits per heavy atom. The van der Waals surface area contributed by atoms with Crippen molar-refractivity contribution in [3.8, 4) is 22.6 Å². The highest BCUT2D eigenvalue weighted by molar-refractivity contribution is 5.69. The highest BCUT2D eigenvalue weighted by atomic mass is 19.3. The summed E-state index contributed by atoms with van der Waals surface area (Å²) in [4.78, 5) is 0. The fourth-order valence-electron chi connectivity index (χ4n) is 5.91. The molecule has 0 N–H and O–H groups in total. The van der Waals surface area contributed by atoms with Crippen LogP contribution in [0.2, 0.25) is 0 Å². The van der Waals surface area contributed by atoms with Crippen molar-refractivity contribution in [2.75, 3.05) is 6.61 Å². The van der Waals surface area contributed by atoms with Gasteiger partial charge < -0.3 is 9.47 Å². The Hall–Kier alpha value is -3.37. The molecule has 1 heterocycles. The van der Waals surface area contributed by atoms with Gasteiger partial charge in [0.25, 0.3) is 0 Å². The van der Waals surface area contributed by atoms with Crippen molar-refractivity contribution >= 4 is 0 Å². The van der Waals surface area contributed by atoms with Crippen LogP contribution in [0.1, 0.15) is 50.2 Å². The average molecular weight is 589 g/mol. The summed E-state index contributed by atoms with van der Waals surface area (Å²) in [5, 5.41) is 0. The molecule has 220 valence electrons. The number of ether oxygens (including phenoxy) is 2. The lowest BCUT2D eigenvalue weighted by Crippen LogP contribution is -2.31. The van der Waals surface area contributed by atoms with Gasteiger partial charge in [0.15, 0.2) is 29.0 Å². The molecule has 2 nitrogen and oxygen atoms in total. The van der Waals surface area contributed by atoms with E-state index in [9.17, 15) is 30.7 Å². The predicted molar refractivity (Wildman–Crippen MR) is 131 cm³/mol. The van der Waals surface area contributed by atoms with Gasteiger partial charge in [-0.25, -0.2) is 30.7 Å². The number of benzene rings is 3. The van der Waals surface area contributed by atoms with Crippen molar-refractivity contribution in [2.24, 2.45) is 17.8 Å². The lowest BCUT2D eigenvalue weighted by molar-refractivity contribution is -0.189. The Morgan fingerprint density at radius 3 is 1.95 bits per heavy atom. The third kappa shape index (κ3) is 5.59. The van der Waals surface area contributed by atoms with Crippen LogP contribution in [0, 0.1) is 58.5 Å². The van der Waals surface area contributed by atoms with Gasteiger partial charge in [-0.1, -0.05) is 26.2 Å². The van der Waals surface area contributed by atoms with Gasteiger partial charge >= 0.3 is 6.11 Å². The minimum Gasteiger partial charge on any atom is -0.490 e. The summed E-state index contributed by atoms with van der Waals surface area (Å²) >= 11 is 0. The molecular weight excluding hydrogens is 563 g/mol. The molecule has 0 spiro atoms. The first kappa shape index (κ1) is 29.1. The third-order valence-electron chi connectivity index (χ3n) is 8.13. The summed E-state index contributed by atoms with van der Waals surface area (Å²) in [5.74, 6) is -12.4. The topological polar surface area (TPSA) is 18.5 Å². The molecule has 1 aliphatic heterocycles. The van der Waals surface area contributed by atoms with E-state index in [2.05, 4.69) is 11.7 Å². The van der Waals surface area contributed by atoms with Crippen LogP contribution in [-0.4, -0.2) is 6.61 Å². The number of halogens is 9. The smallest absolute Gasteiger partial charge is 0.432 e. The normalized spacial score (nSPS) is 20.9. The molecule has 0 radical (unpaired) electrons. The first-order chi connectivity index (χ1) is 19.4. The lowest BCUT2D eigenvalue weighted by atomic mass is 9.73. The molecule has 5 rings (SSSR count). The van der Waals surface area contributed by atoms with Gasteiger partial charge in [0, 0.05) is 17.7 Å². The number of hydrogen-bond donors (Lipinski definition) is 0. The van der Waals surface area contributed by atoms with E-state index >= 15 is 8.78 Å². The molecule has 41 heavy (non-hydrogen) atoms. The Kier molecular flexibility index (Phi) is 7.91. The van der Waals surface area contributed by atoms with Crippen molar-refractivity contribution in [1.29, 1.82) is 0 Å². The van der Waals surface area contributed by atoms with Gasteiger partial charge in [-0.3, -0.25) is 0 Å². The minimum atomic E-state index is -4.84. The third-order valence-corrected chi connectivity index (χ3v) is 8.13. The zero-order valence-corrected chi connectivity index (χ0v) is 21.8. The molecule has 0 unspecified atom stereocenters. The quantitative estimate of drug-likeness (QED) is 0.211. The zero-order valence-electron chi connectivity index (χ0n) is 21.8. The fraction of sp³-hybridized carbons (Fsp3) is 0.400. The van der Waals surface area contributed by atoms with Crippen molar-refractivity contribution in [2.45, 2.75) is 51.6 Å². The summed E-state index contributed by atoms with van der Waals surface area (Å²) < 4.78 is 139. The molecule has 3 aromatic rings. The van der Waals surface area contributed by atoms with E-state index in [1.807, 2.05) is 0 Å². The largest absolute Gasteiger partial charge is 0.490 e. The standard InChI is InChI=1S/C30H25F9O2/c1-2-14-3-5-15(6-4-14)18-7-17-10-20(31)25(28(37)29(17)40-13-18)16-8-21(32)26(22(33)9-16)30(38,39)41-19-11-23(34)27(36)24(35)12-19/h8-12,14-15,18H,2-7,13H2,1H3/t14?,15?,18-/m0/s1. The second kappa shape index (κ2) is 11.1. The molecule has 0 aromatic heterocycles. The number of rotatable bonds is 6. The van der Waals surface area contributed by atoms with Crippen LogP contribution in [0.25, 0.3) is 11.1 Å². The summed E-state index contributed by atoms with van der Waals surface area (Å²) in [6, 6.07) is 1.72. The maximum atomic E-state index is 15.5. The molecule has 1 atom stereocenters. The Morgan fingerprint density at radius 1 is 0.756 bits per heavy atom. The monoisotopic (exact) mass is 588 g/mol. The number of fused-ring (bicyclic) bond motifs is 1. The molecule has 1 fully saturated rings. The van der Waals surface area contributed by atoms with E-state index < -0.39 is 69.3 Å². The average Bonchev–Trinajstić information content (AvgIpc) is 2.90. The van der Waals surface area contributed by atoms with E-state index in [1.165, 1.54) is 0 Å². The maximum Gasteiger partial charge on any atom is 0.432 e. The van der Waals surface area contributed by atoms with Gasteiger partial charge in [0.05, 0.1) is 12.2 Å². The molecule has 0 bridgehead atoms. The first-order valence-electron chi connectivity index (χ1n) is 13.2. The summed E-state index contributed by atoms with van der Waals surface area (Å²) in [5.41, 5.74) is -3.31. The predicted octanol–water partition coefficient (Wildman–Crippen LogP) is 9.22. The maximum absolute atomic E-state index is 15.5. The van der Waals surface area contributed by atoms with Gasteiger partial charge in [0.1, 0.15) is 28.8 Å². The number of hydrogen-bond acceptors (Lipinski definition) is 2. The van der Waals surface area contributed by atoms with E-state index in [0.717, 1.165) is 38.2 Å². The van der Waals surface area contributed by atoms with Crippen LogP contribution < -0.4 is 9.47 Å². The Labute approximate surface area is 230 Å². The fourth-order valence-corrected chi connectivity index (χ4v) is 5.91. The van der Waals surface area contributed by atoms with E-state index in [0.29, 0.717) is 18.3 Å². The minimum absolute atomic E-state index is 0.0596. The highest BCUT2D eigenvalue weighted by Gasteiger charge is 2.42. The summed E-state index contributed by atoms with van der Waals surface area (Å²) in [6.07, 6.45) is 0.787. The van der Waals surface area contributed by atoms with Crippen LogP contribution in [0.5, 0.6) is 11.5 Å². The van der Waals surface area contributed by atoms with E-state index in [4.69, 9.17) is 4.74 Å². The van der Waals surface area contributed by atoms with Crippen LogP contribution >= 0.6 is 0 Å². The van der Waals surface area contributed by atoms with E-state index in [1.54, 1.807) is 0 Å². The lowest BCUT2D eigenvalue weighted by Gasteiger charge is -2.36. The molecule has 2 aliphatic rings. The molecule has 0 saturated heterocycles. The van der Waals surface area contributed by atoms with Gasteiger partial charge in [-0.05, 0) is 60.8 Å². The second-order valence-corrected chi connectivity index (χ2v) is 10.6. The summed E-state index contributed by atoms with van der Waals surface area (Å²) in [7, 11) is 0. The van der Waals surface area contributed by atoms with Crippen LogP contribution in [0.15, 0.2) is 30.3 Å². The van der Waals surface area contributed by atoms with E-state index in [-0.39, 0.29) is 48.1 Å². The molecule has 1 saturated carbocycles. The Bertz CT molecular complexity index is 1420. The SMILES string of the molecule is CCC1CCC([C@@H]2COc3c(cc(F)c(-c4cc(F)c(C(F)(F)Oc5cc(F)c(F)c(F)c5)c(F)c4)c3F)C2)CC1. The molecule has 3 aromatic carbocycles. The van der Waals surface area contributed by atoms with Crippen molar-refractivity contribution in [3.05, 3.63) is 82.2 Å². The van der Waals surface area contributed by atoms with Gasteiger partial charge in [-0.2, -0.15) is 8.78 Å². The highest BCUT2D eigenvalue weighted by Crippen LogP contribution is 2.44. The van der Waals surface area contributed by atoms with Crippen molar-refractivity contribution < 1.29 is 49.0 Å². The van der Waals surface area contributed by atoms with Crippen LogP contribution in [0.4, 0.5) is 39.5 Å². The first-order valence-corrected chi connectivity index (χ1v) is 13.2. The van der Waals surface area contributed by atoms with Crippen LogP contribution in [-0.2, 0) is 12.5 Å². The second-order valence-electron chi connectivity index (χ2n) is 10.6. The van der Waals surface area contributed by atoms with Gasteiger partial charge in [0.2, 0.25) is 0 Å². The molecule has 1 aliphatic carbocycles. The van der Waals surface area contributed by atoms with Crippen LogP contribution in [0.3, 0.4) is 0 Å². The number of alkyl halides is 2. The summed E-state index contributed by atoms with van der Waals surface area (Å²) in [6.45, 7) is 2.34. The van der Waals surface area contributed by atoms with Crippen molar-refractivity contribution in [1.82, 2.24) is 0 Å². The van der Waals surface area contributed by atoms with Crippen molar-refractivity contribution in [3.63, 3.8) is 0 Å². The van der Waals surface area contributed by atoms with Gasteiger partial charge in [-0.15, -0.1) is 0 Å². The molecular formula is C30H25F9O2. The molecule has 0 amide bonds. The zero-order chi connectivity index (χ0) is 29.6. The Balaban J connectivity index is 1.42.